The van der Waals surface area contributed by atoms with Crippen molar-refractivity contribution < 1.29 is 13.7 Å². The molecule has 3 rings (SSSR count). The van der Waals surface area contributed by atoms with Crippen LogP contribution in [0.1, 0.15) is 11.1 Å². The Hall–Kier alpha value is -1.52. The second-order valence-electron chi connectivity index (χ2n) is 4.76. The Bertz CT molecular complexity index is 672. The minimum absolute atomic E-state index is 0.428. The first kappa shape index (κ1) is 14.4. The van der Waals surface area contributed by atoms with Crippen LogP contribution in [0.15, 0.2) is 42.5 Å². The van der Waals surface area contributed by atoms with Gasteiger partial charge in [0.1, 0.15) is 13.2 Å². The molecule has 0 amide bonds. The molecule has 1 aliphatic heterocycles. The summed E-state index contributed by atoms with van der Waals surface area (Å²) in [7, 11) is -1.05. The van der Waals surface area contributed by atoms with Gasteiger partial charge in [-0.25, -0.2) is 0 Å². The lowest BCUT2D eigenvalue weighted by Crippen LogP contribution is -2.17. The molecular weight excluding hydrogens is 308 g/mol. The van der Waals surface area contributed by atoms with Gasteiger partial charge in [-0.05, 0) is 17.7 Å². The number of rotatable bonds is 4. The predicted octanol–water partition coefficient (Wildman–Crippen LogP) is 3.56. The quantitative estimate of drug-likeness (QED) is 0.863. The smallest absolute Gasteiger partial charge is 0.165 e. The SMILES string of the molecule is O=[S@@](Cc1ccccc1Cl)Cc1cccc2c1OCCO2. The molecule has 21 heavy (non-hydrogen) atoms. The van der Waals surface area contributed by atoms with Crippen molar-refractivity contribution in [3.05, 3.63) is 58.6 Å². The highest BCUT2D eigenvalue weighted by Gasteiger charge is 2.17. The third-order valence-corrected chi connectivity index (χ3v) is 4.87. The molecule has 0 aliphatic carbocycles. The largest absolute Gasteiger partial charge is 0.486 e. The summed E-state index contributed by atoms with van der Waals surface area (Å²) < 4.78 is 23.6. The molecule has 0 fully saturated rings. The molecule has 0 saturated carbocycles. The van der Waals surface area contributed by atoms with Crippen LogP contribution in [0.2, 0.25) is 5.02 Å². The van der Waals surface area contributed by atoms with Crippen molar-refractivity contribution in [1.29, 1.82) is 0 Å². The van der Waals surface area contributed by atoms with Crippen LogP contribution in [-0.4, -0.2) is 17.4 Å². The van der Waals surface area contributed by atoms with Gasteiger partial charge < -0.3 is 9.47 Å². The fourth-order valence-electron chi connectivity index (χ4n) is 2.26. The Balaban J connectivity index is 1.75. The fraction of sp³-hybridized carbons (Fsp3) is 0.250. The third kappa shape index (κ3) is 3.39. The summed E-state index contributed by atoms with van der Waals surface area (Å²) in [4.78, 5) is 0. The van der Waals surface area contributed by atoms with Gasteiger partial charge in [-0.15, -0.1) is 0 Å². The zero-order chi connectivity index (χ0) is 14.7. The summed E-state index contributed by atoms with van der Waals surface area (Å²) in [6.07, 6.45) is 0. The van der Waals surface area contributed by atoms with Crippen LogP contribution < -0.4 is 9.47 Å². The summed E-state index contributed by atoms with van der Waals surface area (Å²) in [6.45, 7) is 1.08. The number of hydrogen-bond acceptors (Lipinski definition) is 3. The lowest BCUT2D eigenvalue weighted by Gasteiger charge is -2.20. The molecule has 0 bridgehead atoms. The van der Waals surface area contributed by atoms with E-state index in [0.29, 0.717) is 29.7 Å². The average Bonchev–Trinajstić information content (AvgIpc) is 2.50. The summed E-state index contributed by atoms with van der Waals surface area (Å²) in [5.41, 5.74) is 1.82. The molecule has 1 heterocycles. The van der Waals surface area contributed by atoms with Crippen molar-refractivity contribution >= 4 is 22.4 Å². The zero-order valence-corrected chi connectivity index (χ0v) is 13.0. The number of ether oxygens (including phenoxy) is 2. The van der Waals surface area contributed by atoms with E-state index in [4.69, 9.17) is 21.1 Å². The number of fused-ring (bicyclic) bond motifs is 1. The van der Waals surface area contributed by atoms with E-state index >= 15 is 0 Å². The predicted molar refractivity (Wildman–Crippen MR) is 84.4 cm³/mol. The van der Waals surface area contributed by atoms with Crippen LogP contribution in [0.4, 0.5) is 0 Å². The van der Waals surface area contributed by atoms with Gasteiger partial charge in [0, 0.05) is 21.4 Å². The lowest BCUT2D eigenvalue weighted by molar-refractivity contribution is 0.170. The third-order valence-electron chi connectivity index (χ3n) is 3.24. The fourth-order valence-corrected chi connectivity index (χ4v) is 3.82. The van der Waals surface area contributed by atoms with E-state index in [1.165, 1.54) is 0 Å². The number of benzene rings is 2. The van der Waals surface area contributed by atoms with E-state index in [1.54, 1.807) is 0 Å². The van der Waals surface area contributed by atoms with Crippen LogP contribution in [0.5, 0.6) is 11.5 Å². The monoisotopic (exact) mass is 322 g/mol. The van der Waals surface area contributed by atoms with Crippen LogP contribution >= 0.6 is 11.6 Å². The minimum Gasteiger partial charge on any atom is -0.486 e. The first-order valence-electron chi connectivity index (χ1n) is 6.70. The van der Waals surface area contributed by atoms with Gasteiger partial charge in [-0.1, -0.05) is 41.9 Å². The van der Waals surface area contributed by atoms with Crippen LogP contribution in [0, 0.1) is 0 Å². The van der Waals surface area contributed by atoms with Crippen molar-refractivity contribution in [3.8, 4) is 11.5 Å². The van der Waals surface area contributed by atoms with Crippen LogP contribution in [-0.2, 0) is 22.3 Å². The van der Waals surface area contributed by atoms with Crippen LogP contribution in [0.25, 0.3) is 0 Å². The van der Waals surface area contributed by atoms with E-state index < -0.39 is 10.8 Å². The van der Waals surface area contributed by atoms with E-state index in [2.05, 4.69) is 0 Å². The summed E-state index contributed by atoms with van der Waals surface area (Å²) >= 11 is 6.11. The Morgan fingerprint density at radius 2 is 1.67 bits per heavy atom. The molecule has 2 aromatic carbocycles. The van der Waals surface area contributed by atoms with Gasteiger partial charge >= 0.3 is 0 Å². The van der Waals surface area contributed by atoms with Crippen molar-refractivity contribution in [2.75, 3.05) is 13.2 Å². The molecule has 0 radical (unpaired) electrons. The molecule has 0 saturated heterocycles. The molecule has 0 spiro atoms. The Morgan fingerprint density at radius 1 is 0.952 bits per heavy atom. The molecule has 5 heteroatoms. The van der Waals surface area contributed by atoms with Gasteiger partial charge in [0.15, 0.2) is 11.5 Å². The molecule has 110 valence electrons. The highest BCUT2D eigenvalue weighted by Crippen LogP contribution is 2.34. The van der Waals surface area contributed by atoms with Gasteiger partial charge in [-0.2, -0.15) is 0 Å². The van der Waals surface area contributed by atoms with Gasteiger partial charge in [0.2, 0.25) is 0 Å². The number of halogens is 1. The Labute approximate surface area is 131 Å². The molecule has 1 aliphatic rings. The average molecular weight is 323 g/mol. The highest BCUT2D eigenvalue weighted by molar-refractivity contribution is 7.83. The first-order chi connectivity index (χ1) is 10.2. The maximum atomic E-state index is 12.4. The van der Waals surface area contributed by atoms with Gasteiger partial charge in [0.05, 0.1) is 11.5 Å². The van der Waals surface area contributed by atoms with Crippen molar-refractivity contribution in [3.63, 3.8) is 0 Å². The molecule has 3 nitrogen and oxygen atoms in total. The summed E-state index contributed by atoms with van der Waals surface area (Å²) in [5, 5.41) is 0.653. The molecule has 1 atom stereocenters. The van der Waals surface area contributed by atoms with Gasteiger partial charge in [-0.3, -0.25) is 4.21 Å². The maximum absolute atomic E-state index is 12.4. The molecule has 0 unspecified atom stereocenters. The molecule has 2 aromatic rings. The Kier molecular flexibility index (Phi) is 4.46. The second kappa shape index (κ2) is 6.50. The Morgan fingerprint density at radius 3 is 2.52 bits per heavy atom. The first-order valence-corrected chi connectivity index (χ1v) is 8.56. The van der Waals surface area contributed by atoms with E-state index in [9.17, 15) is 4.21 Å². The highest BCUT2D eigenvalue weighted by atomic mass is 35.5. The molecular formula is C16H15ClO3S. The minimum atomic E-state index is -1.05. The van der Waals surface area contributed by atoms with Crippen molar-refractivity contribution in [1.82, 2.24) is 0 Å². The standard InChI is InChI=1S/C16H15ClO3S/c17-14-6-2-1-4-12(14)10-21(18)11-13-5-3-7-15-16(13)20-9-8-19-15/h1-7H,8-11H2/t21-/m0/s1. The zero-order valence-electron chi connectivity index (χ0n) is 11.4. The van der Waals surface area contributed by atoms with Crippen molar-refractivity contribution in [2.45, 2.75) is 11.5 Å². The lowest BCUT2D eigenvalue weighted by atomic mass is 10.2. The maximum Gasteiger partial charge on any atom is 0.165 e. The normalized spacial score (nSPS) is 14.7. The number of para-hydroxylation sites is 1. The van der Waals surface area contributed by atoms with Crippen LogP contribution in [0.3, 0.4) is 0 Å². The topological polar surface area (TPSA) is 35.5 Å². The second-order valence-corrected chi connectivity index (χ2v) is 6.63. The number of hydrogen-bond donors (Lipinski definition) is 0. The van der Waals surface area contributed by atoms with Crippen molar-refractivity contribution in [2.24, 2.45) is 0 Å². The summed E-state index contributed by atoms with van der Waals surface area (Å²) in [6, 6.07) is 13.2. The van der Waals surface area contributed by atoms with E-state index in [1.807, 2.05) is 42.5 Å². The molecule has 0 aromatic heterocycles. The van der Waals surface area contributed by atoms with E-state index in [0.717, 1.165) is 22.6 Å². The summed E-state index contributed by atoms with van der Waals surface area (Å²) in [5.74, 6) is 2.31. The van der Waals surface area contributed by atoms with E-state index in [-0.39, 0.29) is 0 Å². The van der Waals surface area contributed by atoms with Gasteiger partial charge in [0.25, 0.3) is 0 Å². The molecule has 0 N–H and O–H groups in total.